The molecule has 3 aliphatic rings. The number of ether oxygens (including phenoxy) is 1. The molecule has 0 radical (unpaired) electrons. The quantitative estimate of drug-likeness (QED) is 0.0796. The fourth-order valence-corrected chi connectivity index (χ4v) is 10.2. The molecule has 15 nitrogen and oxygen atoms in total. The number of nitrogens with one attached hydrogen (secondary N) is 3. The minimum absolute atomic E-state index is 0.0693. The van der Waals surface area contributed by atoms with E-state index in [9.17, 15) is 23.3 Å². The molecule has 63 heavy (non-hydrogen) atoms. The lowest BCUT2D eigenvalue weighted by atomic mass is 9.72. The van der Waals surface area contributed by atoms with E-state index in [0.717, 1.165) is 87.0 Å². The fraction of sp³-hybridized carbons (Fsp3) is 0.370. The van der Waals surface area contributed by atoms with Gasteiger partial charge in [0.15, 0.2) is 5.65 Å². The summed E-state index contributed by atoms with van der Waals surface area (Å²) in [6, 6.07) is 20.9. The number of nitro groups is 1. The number of allylic oxidation sites excluding steroid dienone is 1. The molecule has 2 saturated heterocycles. The molecule has 17 heteroatoms. The number of fused-ring (bicyclic) bond motifs is 2. The molecule has 1 atom stereocenters. The lowest BCUT2D eigenvalue weighted by molar-refractivity contribution is -0.384. The zero-order chi connectivity index (χ0) is 43.9. The highest BCUT2D eigenvalue weighted by atomic mass is 35.5. The topological polar surface area (TPSA) is 181 Å². The third-order valence-electron chi connectivity index (χ3n) is 12.6. The summed E-state index contributed by atoms with van der Waals surface area (Å²) >= 11 is 6.26. The van der Waals surface area contributed by atoms with E-state index in [1.165, 1.54) is 28.8 Å². The number of nitrogens with zero attached hydrogens (tertiary/aromatic N) is 6. The van der Waals surface area contributed by atoms with Crippen LogP contribution < -0.4 is 14.9 Å². The molecule has 1 unspecified atom stereocenters. The predicted molar refractivity (Wildman–Crippen MR) is 245 cm³/mol. The number of sulfonamides is 1. The van der Waals surface area contributed by atoms with Crippen molar-refractivity contribution in [3.05, 3.63) is 117 Å². The van der Waals surface area contributed by atoms with Crippen LogP contribution in [0.2, 0.25) is 5.02 Å². The Morgan fingerprint density at radius 3 is 2.62 bits per heavy atom. The molecule has 3 aromatic heterocycles. The number of amides is 1. The lowest BCUT2D eigenvalue weighted by Gasteiger charge is -2.39. The van der Waals surface area contributed by atoms with Gasteiger partial charge in [-0.2, -0.15) is 0 Å². The van der Waals surface area contributed by atoms with Crippen molar-refractivity contribution in [3.8, 4) is 5.69 Å². The van der Waals surface area contributed by atoms with Crippen LogP contribution >= 0.6 is 11.6 Å². The van der Waals surface area contributed by atoms with Crippen molar-refractivity contribution >= 4 is 72.2 Å². The van der Waals surface area contributed by atoms with E-state index in [0.29, 0.717) is 42.1 Å². The van der Waals surface area contributed by atoms with Crippen LogP contribution in [-0.2, 0) is 14.8 Å². The van der Waals surface area contributed by atoms with Gasteiger partial charge < -0.3 is 15.0 Å². The number of pyridine rings is 1. The van der Waals surface area contributed by atoms with Gasteiger partial charge in [0.25, 0.3) is 21.6 Å². The Balaban J connectivity index is 0.976. The van der Waals surface area contributed by atoms with Crippen LogP contribution in [0, 0.1) is 21.4 Å². The molecule has 2 aliphatic heterocycles. The number of carbonyl (C=O) groups is 1. The summed E-state index contributed by atoms with van der Waals surface area (Å²) in [5.41, 5.74) is 7.30. The number of anilines is 2. The number of nitro benzene ring substituents is 1. The van der Waals surface area contributed by atoms with Gasteiger partial charge in [-0.3, -0.25) is 29.6 Å². The second-order valence-electron chi connectivity index (χ2n) is 17.6. The third kappa shape index (κ3) is 9.16. The van der Waals surface area contributed by atoms with E-state index in [1.807, 2.05) is 36.4 Å². The number of piperazine rings is 1. The molecule has 0 spiro atoms. The normalized spacial score (nSPS) is 18.5. The summed E-state index contributed by atoms with van der Waals surface area (Å²) in [4.78, 5) is 39.1. The van der Waals surface area contributed by atoms with Gasteiger partial charge in [0, 0.05) is 80.4 Å². The molecule has 2 fully saturated rings. The first kappa shape index (κ1) is 42.5. The Morgan fingerprint density at radius 2 is 1.86 bits per heavy atom. The first-order chi connectivity index (χ1) is 30.3. The van der Waals surface area contributed by atoms with Gasteiger partial charge in [-0.25, -0.2) is 23.1 Å². The van der Waals surface area contributed by atoms with Gasteiger partial charge in [0.1, 0.15) is 11.2 Å². The predicted octanol–water partition coefficient (Wildman–Crippen LogP) is 8.21. The van der Waals surface area contributed by atoms with E-state index in [-0.39, 0.29) is 22.6 Å². The highest BCUT2D eigenvalue weighted by Gasteiger charge is 2.31. The highest BCUT2D eigenvalue weighted by Crippen LogP contribution is 2.43. The molecule has 6 aromatic rings. The largest absolute Gasteiger partial charge is 0.381 e. The number of halogens is 1. The maximum atomic E-state index is 14.2. The van der Waals surface area contributed by atoms with Crippen LogP contribution in [-0.4, -0.2) is 96.4 Å². The first-order valence-corrected chi connectivity index (χ1v) is 23.2. The van der Waals surface area contributed by atoms with Crippen molar-refractivity contribution in [2.45, 2.75) is 50.8 Å². The van der Waals surface area contributed by atoms with Gasteiger partial charge in [-0.15, -0.1) is 0 Å². The second-order valence-corrected chi connectivity index (χ2v) is 19.7. The van der Waals surface area contributed by atoms with E-state index < -0.39 is 31.4 Å². The molecule has 5 heterocycles. The number of hydrogen-bond donors (Lipinski definition) is 3. The zero-order valence-corrected chi connectivity index (χ0v) is 36.8. The number of hydrogen-bond acceptors (Lipinski definition) is 11. The first-order valence-electron chi connectivity index (χ1n) is 21.4. The fourth-order valence-electron chi connectivity index (χ4n) is 9.05. The van der Waals surface area contributed by atoms with Crippen molar-refractivity contribution in [1.82, 2.24) is 29.4 Å². The van der Waals surface area contributed by atoms with Gasteiger partial charge in [-0.05, 0) is 109 Å². The Bertz CT molecular complexity index is 2840. The summed E-state index contributed by atoms with van der Waals surface area (Å²) < 4.78 is 37.1. The van der Waals surface area contributed by atoms with Crippen LogP contribution in [0.3, 0.4) is 0 Å². The van der Waals surface area contributed by atoms with Crippen LogP contribution in [0.1, 0.15) is 61.9 Å². The van der Waals surface area contributed by atoms with Crippen LogP contribution in [0.15, 0.2) is 95.7 Å². The van der Waals surface area contributed by atoms with Crippen molar-refractivity contribution in [3.63, 3.8) is 0 Å². The summed E-state index contributed by atoms with van der Waals surface area (Å²) in [5, 5.41) is 20.0. The minimum atomic E-state index is -4.56. The van der Waals surface area contributed by atoms with E-state index >= 15 is 0 Å². The summed E-state index contributed by atoms with van der Waals surface area (Å²) in [7, 11) is -4.56. The summed E-state index contributed by atoms with van der Waals surface area (Å²) in [6.07, 6.45) is 8.42. The number of carbonyl (C=O) groups excluding carboxylic acids is 1. The number of benzene rings is 3. The van der Waals surface area contributed by atoms with Crippen molar-refractivity contribution in [2.24, 2.45) is 11.3 Å². The van der Waals surface area contributed by atoms with Gasteiger partial charge in [0.2, 0.25) is 0 Å². The van der Waals surface area contributed by atoms with Gasteiger partial charge >= 0.3 is 0 Å². The van der Waals surface area contributed by atoms with Gasteiger partial charge in [0.05, 0.1) is 33.2 Å². The van der Waals surface area contributed by atoms with Crippen LogP contribution in [0.4, 0.5) is 17.1 Å². The maximum Gasteiger partial charge on any atom is 0.293 e. The van der Waals surface area contributed by atoms with Crippen molar-refractivity contribution in [2.75, 3.05) is 62.7 Å². The van der Waals surface area contributed by atoms with Crippen LogP contribution in [0.25, 0.3) is 33.3 Å². The number of rotatable bonds is 12. The lowest BCUT2D eigenvalue weighted by Crippen LogP contribution is -2.47. The second kappa shape index (κ2) is 17.4. The summed E-state index contributed by atoms with van der Waals surface area (Å²) in [6.45, 7) is 10.4. The van der Waals surface area contributed by atoms with E-state index in [2.05, 4.69) is 60.9 Å². The van der Waals surface area contributed by atoms with Crippen molar-refractivity contribution < 1.29 is 22.9 Å². The zero-order valence-electron chi connectivity index (χ0n) is 35.3. The minimum Gasteiger partial charge on any atom is -0.381 e. The van der Waals surface area contributed by atoms with Crippen LogP contribution in [0.5, 0.6) is 0 Å². The number of H-pyrrole nitrogens is 1. The Kier molecular flexibility index (Phi) is 11.7. The molecule has 3 N–H and O–H groups in total. The molecule has 328 valence electrons. The molecule has 3 aromatic carbocycles. The number of aromatic amines is 1. The molecular weight excluding hydrogens is 842 g/mol. The smallest absolute Gasteiger partial charge is 0.293 e. The molecule has 9 rings (SSSR count). The maximum absolute atomic E-state index is 14.2. The Labute approximate surface area is 370 Å². The molecule has 0 saturated carbocycles. The summed E-state index contributed by atoms with van der Waals surface area (Å²) in [5.74, 6) is -0.723. The van der Waals surface area contributed by atoms with Crippen molar-refractivity contribution in [1.29, 1.82) is 0 Å². The Morgan fingerprint density at radius 1 is 1.05 bits per heavy atom. The SMILES string of the molecule is CC1(C)CCC(CN2CCN(c3ccc(C(=O)NS(=O)(=O)c4ccc(NCC5CCCOC5)c([N+](=O)[O-])c4)c(-n4[nH]cc5nc6nccc6cc54)c3)CC2)=C(c2ccc(Cl)cc2)C1. The average molecular weight is 892 g/mol. The highest BCUT2D eigenvalue weighted by molar-refractivity contribution is 7.90. The molecule has 1 aliphatic carbocycles. The molecule has 1 amide bonds. The van der Waals surface area contributed by atoms with E-state index in [4.69, 9.17) is 16.3 Å². The molecule has 0 bridgehead atoms. The third-order valence-corrected chi connectivity index (χ3v) is 14.2. The monoisotopic (exact) mass is 891 g/mol. The average Bonchev–Trinajstić information content (AvgIpc) is 3.92. The van der Waals surface area contributed by atoms with Gasteiger partial charge in [-0.1, -0.05) is 43.2 Å². The Hall–Kier alpha value is -5.81. The standard InChI is InChI=1S/C46H50ClN9O6S/c1-46(2)15-13-33(38(25-46)31-5-7-34(47)8-6-31)28-53-17-19-54(20-18-53)35-9-11-37(41(23-35)55-42-22-32-14-16-48-44(32)51-40(42)27-50-55)45(57)52-63(60,61)36-10-12-39(43(24-36)56(58)59)49-26-30-4-3-21-62-29-30/h5-12,14,16,22-24,27,30,49-50H,3-4,13,15,17-21,25-26,28-29H2,1-2H3,(H,52,57). The molecular formula is C46H50ClN9O6S. The number of aromatic nitrogens is 4. The van der Waals surface area contributed by atoms with E-state index in [1.54, 1.807) is 23.1 Å².